The van der Waals surface area contributed by atoms with Crippen LogP contribution in [0.4, 0.5) is 13.2 Å². The van der Waals surface area contributed by atoms with Crippen LogP contribution in [0.1, 0.15) is 28.4 Å². The molecule has 0 spiro atoms. The van der Waals surface area contributed by atoms with Crippen molar-refractivity contribution in [3.05, 3.63) is 64.2 Å². The van der Waals surface area contributed by atoms with E-state index in [9.17, 15) is 26.4 Å². The number of carbonyl (C=O) groups excluding carboxylic acids is 1. The molecule has 2 aromatic carbocycles. The van der Waals surface area contributed by atoms with Crippen LogP contribution in [0.5, 0.6) is 0 Å². The largest absolute Gasteiger partial charge is 0.416 e. The second-order valence-corrected chi connectivity index (χ2v) is 9.39. The Kier molecular flexibility index (Phi) is 6.57. The van der Waals surface area contributed by atoms with Crippen molar-refractivity contribution in [3.63, 3.8) is 0 Å². The van der Waals surface area contributed by atoms with Crippen LogP contribution in [0.3, 0.4) is 0 Å². The summed E-state index contributed by atoms with van der Waals surface area (Å²) in [7, 11) is -4.00. The molecule has 30 heavy (non-hydrogen) atoms. The number of piperazine rings is 1. The fourth-order valence-electron chi connectivity index (χ4n) is 3.26. The van der Waals surface area contributed by atoms with E-state index >= 15 is 0 Å². The summed E-state index contributed by atoms with van der Waals surface area (Å²) in [6.07, 6.45) is -4.60. The van der Waals surface area contributed by atoms with Gasteiger partial charge in [-0.2, -0.15) is 17.5 Å². The van der Waals surface area contributed by atoms with E-state index in [2.05, 4.69) is 4.90 Å². The van der Waals surface area contributed by atoms with E-state index in [-0.39, 0.29) is 23.8 Å². The van der Waals surface area contributed by atoms with Gasteiger partial charge >= 0.3 is 6.18 Å². The molecular formula is C20H20ClF3N2O3S. The first-order valence-electron chi connectivity index (χ1n) is 9.17. The summed E-state index contributed by atoms with van der Waals surface area (Å²) in [6.45, 7) is 3.43. The average molecular weight is 461 g/mol. The zero-order chi connectivity index (χ0) is 22.1. The third-order valence-corrected chi connectivity index (χ3v) is 7.36. The van der Waals surface area contributed by atoms with E-state index in [1.54, 1.807) is 12.1 Å². The van der Waals surface area contributed by atoms with Gasteiger partial charge in [0.05, 0.1) is 10.6 Å². The Morgan fingerprint density at radius 3 is 2.13 bits per heavy atom. The van der Waals surface area contributed by atoms with Gasteiger partial charge in [-0.1, -0.05) is 35.9 Å². The summed E-state index contributed by atoms with van der Waals surface area (Å²) in [5.41, 5.74) is 0.636. The first kappa shape index (κ1) is 22.7. The SMILES string of the molecule is CC(=O)c1ccc(CN2CCN(S(=O)(=O)c3ccc(C(F)(F)F)cc3Cl)CC2)cc1. The van der Waals surface area contributed by atoms with Gasteiger partial charge in [0, 0.05) is 38.3 Å². The maximum Gasteiger partial charge on any atom is 0.416 e. The first-order valence-corrected chi connectivity index (χ1v) is 11.0. The number of hydrogen-bond donors (Lipinski definition) is 0. The van der Waals surface area contributed by atoms with Crippen molar-refractivity contribution in [1.82, 2.24) is 9.21 Å². The molecule has 0 atom stereocenters. The molecule has 1 aliphatic heterocycles. The summed E-state index contributed by atoms with van der Waals surface area (Å²) < 4.78 is 65.3. The maximum absolute atomic E-state index is 12.8. The first-order chi connectivity index (χ1) is 14.0. The van der Waals surface area contributed by atoms with Gasteiger partial charge in [0.25, 0.3) is 0 Å². The number of rotatable bonds is 5. The third kappa shape index (κ3) is 5.03. The summed E-state index contributed by atoms with van der Waals surface area (Å²) in [5, 5.41) is -0.446. The van der Waals surface area contributed by atoms with Crippen LogP contribution in [0.25, 0.3) is 0 Å². The van der Waals surface area contributed by atoms with Crippen molar-refractivity contribution < 1.29 is 26.4 Å². The Morgan fingerprint density at radius 2 is 1.63 bits per heavy atom. The van der Waals surface area contributed by atoms with E-state index in [0.29, 0.717) is 31.3 Å². The van der Waals surface area contributed by atoms with Gasteiger partial charge < -0.3 is 0 Å². The average Bonchev–Trinajstić information content (AvgIpc) is 2.68. The highest BCUT2D eigenvalue weighted by atomic mass is 35.5. The lowest BCUT2D eigenvalue weighted by atomic mass is 10.1. The highest BCUT2D eigenvalue weighted by molar-refractivity contribution is 7.89. The van der Waals surface area contributed by atoms with Crippen molar-refractivity contribution in [3.8, 4) is 0 Å². The summed E-state index contributed by atoms with van der Waals surface area (Å²) >= 11 is 5.87. The van der Waals surface area contributed by atoms with Crippen LogP contribution in [0.2, 0.25) is 5.02 Å². The Balaban J connectivity index is 1.66. The van der Waals surface area contributed by atoms with Gasteiger partial charge in [-0.05, 0) is 30.7 Å². The predicted octanol–water partition coefficient (Wildman–Crippen LogP) is 4.07. The van der Waals surface area contributed by atoms with Crippen LogP contribution < -0.4 is 0 Å². The van der Waals surface area contributed by atoms with Crippen LogP contribution >= 0.6 is 11.6 Å². The Labute approximate surface area is 178 Å². The molecule has 0 aliphatic carbocycles. The molecule has 0 amide bonds. The molecule has 0 N–H and O–H groups in total. The number of hydrogen-bond acceptors (Lipinski definition) is 4. The Bertz CT molecular complexity index is 1030. The normalized spacial score (nSPS) is 16.6. The van der Waals surface area contributed by atoms with Crippen molar-refractivity contribution >= 4 is 27.4 Å². The molecule has 0 bridgehead atoms. The van der Waals surface area contributed by atoms with Crippen LogP contribution in [0, 0.1) is 0 Å². The number of nitrogens with zero attached hydrogens (tertiary/aromatic N) is 2. The number of halogens is 4. The lowest BCUT2D eigenvalue weighted by Gasteiger charge is -2.34. The molecule has 1 heterocycles. The monoisotopic (exact) mass is 460 g/mol. The van der Waals surface area contributed by atoms with Crippen molar-refractivity contribution in [2.75, 3.05) is 26.2 Å². The lowest BCUT2D eigenvalue weighted by Crippen LogP contribution is -2.48. The number of carbonyl (C=O) groups is 1. The van der Waals surface area contributed by atoms with E-state index in [4.69, 9.17) is 11.6 Å². The van der Waals surface area contributed by atoms with E-state index in [0.717, 1.165) is 17.7 Å². The zero-order valence-electron chi connectivity index (χ0n) is 16.1. The minimum Gasteiger partial charge on any atom is -0.296 e. The van der Waals surface area contributed by atoms with Crippen LogP contribution in [-0.4, -0.2) is 49.6 Å². The number of Topliss-reactive ketones (excluding diaryl/α,β-unsaturated/α-hetero) is 1. The molecule has 1 saturated heterocycles. The minimum absolute atomic E-state index is 0.0118. The molecule has 10 heteroatoms. The summed E-state index contributed by atoms with van der Waals surface area (Å²) in [4.78, 5) is 13.1. The second kappa shape index (κ2) is 8.66. The number of sulfonamides is 1. The zero-order valence-corrected chi connectivity index (χ0v) is 17.7. The lowest BCUT2D eigenvalue weighted by molar-refractivity contribution is -0.137. The smallest absolute Gasteiger partial charge is 0.296 e. The van der Waals surface area contributed by atoms with Gasteiger partial charge in [0.15, 0.2) is 5.78 Å². The highest BCUT2D eigenvalue weighted by Gasteiger charge is 2.34. The van der Waals surface area contributed by atoms with Gasteiger partial charge in [-0.3, -0.25) is 9.69 Å². The molecule has 2 aromatic rings. The summed E-state index contributed by atoms with van der Waals surface area (Å²) in [5.74, 6) is -0.0118. The fraction of sp³-hybridized carbons (Fsp3) is 0.350. The standard InChI is InChI=1S/C20H20ClF3N2O3S/c1-14(27)16-4-2-15(3-5-16)13-25-8-10-26(11-9-25)30(28,29)19-7-6-17(12-18(19)21)20(22,23)24/h2-7,12H,8-11,13H2,1H3. The fourth-order valence-corrected chi connectivity index (χ4v) is 5.20. The molecular weight excluding hydrogens is 441 g/mol. The predicted molar refractivity (Wildman–Crippen MR) is 107 cm³/mol. The molecule has 1 aliphatic rings. The molecule has 0 saturated carbocycles. The Morgan fingerprint density at radius 1 is 1.03 bits per heavy atom. The van der Waals surface area contributed by atoms with E-state index < -0.39 is 26.8 Å². The topological polar surface area (TPSA) is 57.7 Å². The van der Waals surface area contributed by atoms with Crippen LogP contribution in [0.15, 0.2) is 47.4 Å². The second-order valence-electron chi connectivity index (χ2n) is 7.08. The van der Waals surface area contributed by atoms with E-state index in [1.807, 2.05) is 12.1 Å². The van der Waals surface area contributed by atoms with Gasteiger partial charge in [0.2, 0.25) is 10.0 Å². The number of ketones is 1. The van der Waals surface area contributed by atoms with Gasteiger partial charge in [-0.15, -0.1) is 0 Å². The van der Waals surface area contributed by atoms with Crippen molar-refractivity contribution in [1.29, 1.82) is 0 Å². The minimum atomic E-state index is -4.60. The highest BCUT2D eigenvalue weighted by Crippen LogP contribution is 2.34. The molecule has 1 fully saturated rings. The number of benzene rings is 2. The quantitative estimate of drug-likeness (QED) is 0.631. The molecule has 3 rings (SSSR count). The van der Waals surface area contributed by atoms with Crippen molar-refractivity contribution in [2.45, 2.75) is 24.5 Å². The van der Waals surface area contributed by atoms with Gasteiger partial charge in [-0.25, -0.2) is 8.42 Å². The molecule has 0 aromatic heterocycles. The molecule has 0 unspecified atom stereocenters. The summed E-state index contributed by atoms with van der Waals surface area (Å²) in [6, 6.07) is 9.50. The maximum atomic E-state index is 12.8. The van der Waals surface area contributed by atoms with Crippen LogP contribution in [-0.2, 0) is 22.7 Å². The Hall–Kier alpha value is -1.94. The number of alkyl halides is 3. The van der Waals surface area contributed by atoms with Crippen molar-refractivity contribution in [2.24, 2.45) is 0 Å². The molecule has 162 valence electrons. The van der Waals surface area contributed by atoms with Gasteiger partial charge in [0.1, 0.15) is 4.90 Å². The van der Waals surface area contributed by atoms with E-state index in [1.165, 1.54) is 11.2 Å². The third-order valence-electron chi connectivity index (χ3n) is 4.97. The molecule has 5 nitrogen and oxygen atoms in total. The molecule has 0 radical (unpaired) electrons.